The Morgan fingerprint density at radius 1 is 0.658 bits per heavy atom. The fraction of sp³-hybridized carbons (Fsp3) is 0.188. The molecule has 1 aliphatic carbocycles. The van der Waals surface area contributed by atoms with E-state index in [0.29, 0.717) is 33.3 Å². The van der Waals surface area contributed by atoms with Crippen LogP contribution >= 0.6 is 0 Å². The van der Waals surface area contributed by atoms with Crippen LogP contribution in [0.5, 0.6) is 0 Å². The van der Waals surface area contributed by atoms with E-state index in [1.165, 1.54) is 0 Å². The van der Waals surface area contributed by atoms with Crippen LogP contribution in [0.1, 0.15) is 50.2 Å². The fourth-order valence-electron chi connectivity index (χ4n) is 5.12. The normalized spacial score (nSPS) is 15.2. The number of allylic oxidation sites excluding steroid dienone is 4. The van der Waals surface area contributed by atoms with Gasteiger partial charge in [0.1, 0.15) is 0 Å². The zero-order valence-corrected chi connectivity index (χ0v) is 21.9. The first kappa shape index (κ1) is 25.1. The molecule has 6 heteroatoms. The molecule has 0 spiro atoms. The Kier molecular flexibility index (Phi) is 5.60. The predicted octanol–water partition coefficient (Wildman–Crippen LogP) is 6.97. The first-order chi connectivity index (χ1) is 17.9. The van der Waals surface area contributed by atoms with Gasteiger partial charge in [-0.3, -0.25) is 9.59 Å². The molecule has 0 bridgehead atoms. The van der Waals surface area contributed by atoms with Crippen LogP contribution in [0.15, 0.2) is 85.4 Å². The second-order valence-corrected chi connectivity index (χ2v) is 10.8. The molecule has 0 saturated carbocycles. The molecule has 4 N–H and O–H groups in total. The summed E-state index contributed by atoms with van der Waals surface area (Å²) in [4.78, 5) is 34.5. The lowest BCUT2D eigenvalue weighted by molar-refractivity contribution is -0.116. The molecular weight excluding hydrogens is 476 g/mol. The number of H-pyrrole nitrogens is 2. The van der Waals surface area contributed by atoms with Crippen LogP contribution in [-0.4, -0.2) is 31.7 Å². The van der Waals surface area contributed by atoms with Crippen molar-refractivity contribution >= 4 is 44.5 Å². The summed E-state index contributed by atoms with van der Waals surface area (Å²) < 4.78 is 0. The number of aromatic amines is 2. The number of para-hydroxylation sites is 2. The Balaban J connectivity index is 1.81. The van der Waals surface area contributed by atoms with Crippen LogP contribution in [-0.2, 0) is 20.4 Å². The molecule has 2 heterocycles. The third-order valence-corrected chi connectivity index (χ3v) is 7.58. The second kappa shape index (κ2) is 8.48. The number of hydrogen-bond acceptors (Lipinski definition) is 4. The number of Topliss-reactive ketones (excluding diaryl/α,β-unsaturated/α-hetero) is 2. The van der Waals surface area contributed by atoms with Gasteiger partial charge < -0.3 is 20.2 Å². The average Bonchev–Trinajstić information content (AvgIpc) is 3.48. The lowest BCUT2D eigenvalue weighted by Gasteiger charge is -2.25. The van der Waals surface area contributed by atoms with E-state index < -0.39 is 33.9 Å². The van der Waals surface area contributed by atoms with Gasteiger partial charge in [-0.15, -0.1) is 13.2 Å². The van der Waals surface area contributed by atoms with Gasteiger partial charge in [0, 0.05) is 55.2 Å². The minimum absolute atomic E-state index is 0.233. The van der Waals surface area contributed by atoms with Crippen molar-refractivity contribution in [3.63, 3.8) is 0 Å². The maximum absolute atomic E-state index is 13.9. The van der Waals surface area contributed by atoms with Crippen LogP contribution in [0.2, 0.25) is 0 Å². The van der Waals surface area contributed by atoms with Gasteiger partial charge in [0.05, 0.1) is 11.1 Å². The topological polar surface area (TPSA) is 106 Å². The molecule has 0 amide bonds. The van der Waals surface area contributed by atoms with Crippen molar-refractivity contribution in [3.05, 3.63) is 108 Å². The van der Waals surface area contributed by atoms with Gasteiger partial charge in [-0.05, 0) is 12.1 Å². The highest BCUT2D eigenvalue weighted by Crippen LogP contribution is 2.45. The van der Waals surface area contributed by atoms with Crippen molar-refractivity contribution in [2.45, 2.75) is 38.5 Å². The van der Waals surface area contributed by atoms with Gasteiger partial charge in [0.15, 0.2) is 11.5 Å². The summed E-state index contributed by atoms with van der Waals surface area (Å²) in [6, 6.07) is 14.7. The average molecular weight is 507 g/mol. The summed E-state index contributed by atoms with van der Waals surface area (Å²) in [5.74, 6) is -3.06. The third kappa shape index (κ3) is 3.48. The highest BCUT2D eigenvalue weighted by molar-refractivity contribution is 6.48. The van der Waals surface area contributed by atoms with E-state index in [1.807, 2.05) is 76.2 Å². The molecular formula is C32H30N2O4. The molecule has 0 radical (unpaired) electrons. The fourth-order valence-corrected chi connectivity index (χ4v) is 5.12. The molecule has 5 rings (SSSR count). The van der Waals surface area contributed by atoms with Gasteiger partial charge in [-0.25, -0.2) is 0 Å². The Hall–Kier alpha value is -4.58. The minimum Gasteiger partial charge on any atom is -0.504 e. The van der Waals surface area contributed by atoms with E-state index in [1.54, 1.807) is 12.2 Å². The van der Waals surface area contributed by atoms with Gasteiger partial charge >= 0.3 is 0 Å². The van der Waals surface area contributed by atoms with Crippen molar-refractivity contribution < 1.29 is 19.8 Å². The molecule has 2 aromatic carbocycles. The number of ketones is 2. The van der Waals surface area contributed by atoms with Crippen LogP contribution in [0, 0.1) is 0 Å². The molecule has 0 atom stereocenters. The molecule has 4 aromatic rings. The first-order valence-electron chi connectivity index (χ1n) is 12.4. The van der Waals surface area contributed by atoms with Crippen molar-refractivity contribution in [2.75, 3.05) is 0 Å². The van der Waals surface area contributed by atoms with Crippen molar-refractivity contribution in [2.24, 2.45) is 0 Å². The summed E-state index contributed by atoms with van der Waals surface area (Å²) in [7, 11) is 0. The second-order valence-electron chi connectivity index (χ2n) is 10.8. The smallest absolute Gasteiger partial charge is 0.232 e. The van der Waals surface area contributed by atoms with Crippen molar-refractivity contribution in [3.8, 4) is 0 Å². The Morgan fingerprint density at radius 3 is 1.34 bits per heavy atom. The maximum atomic E-state index is 13.9. The number of aliphatic hydroxyl groups excluding tert-OH is 2. The zero-order chi connectivity index (χ0) is 27.6. The van der Waals surface area contributed by atoms with Crippen molar-refractivity contribution in [1.29, 1.82) is 0 Å². The van der Waals surface area contributed by atoms with E-state index in [2.05, 4.69) is 23.1 Å². The molecule has 1 aliphatic rings. The van der Waals surface area contributed by atoms with Gasteiger partial charge in [0.2, 0.25) is 11.6 Å². The van der Waals surface area contributed by atoms with Gasteiger partial charge in [-0.1, -0.05) is 76.2 Å². The van der Waals surface area contributed by atoms with E-state index in [4.69, 9.17) is 0 Å². The largest absolute Gasteiger partial charge is 0.504 e. The number of carbonyl (C=O) groups excluding carboxylic acids is 2. The number of hydrogen-bond donors (Lipinski definition) is 4. The Bertz CT molecular complexity index is 1620. The number of fused-ring (bicyclic) bond motifs is 2. The summed E-state index contributed by atoms with van der Waals surface area (Å²) in [5, 5.41) is 24.1. The molecule has 0 aliphatic heterocycles. The van der Waals surface area contributed by atoms with E-state index >= 15 is 0 Å². The molecule has 6 nitrogen and oxygen atoms in total. The summed E-state index contributed by atoms with van der Waals surface area (Å²) in [6.07, 6.45) is 3.45. The molecule has 2 aromatic heterocycles. The minimum atomic E-state index is -0.824. The lowest BCUT2D eigenvalue weighted by Crippen LogP contribution is -2.26. The summed E-state index contributed by atoms with van der Waals surface area (Å²) in [6.45, 7) is 15.5. The first-order valence-corrected chi connectivity index (χ1v) is 12.4. The lowest BCUT2D eigenvalue weighted by atomic mass is 9.78. The predicted molar refractivity (Wildman–Crippen MR) is 152 cm³/mol. The van der Waals surface area contributed by atoms with Crippen LogP contribution < -0.4 is 0 Å². The molecule has 0 unspecified atom stereocenters. The highest BCUT2D eigenvalue weighted by atomic mass is 16.3. The number of aromatic nitrogens is 2. The maximum Gasteiger partial charge on any atom is 0.232 e. The zero-order valence-electron chi connectivity index (χ0n) is 21.9. The van der Waals surface area contributed by atoms with Crippen molar-refractivity contribution in [1.82, 2.24) is 9.97 Å². The van der Waals surface area contributed by atoms with Gasteiger partial charge in [0.25, 0.3) is 0 Å². The molecule has 0 saturated heterocycles. The van der Waals surface area contributed by atoms with E-state index in [9.17, 15) is 19.8 Å². The Labute approximate surface area is 220 Å². The third-order valence-electron chi connectivity index (χ3n) is 7.58. The van der Waals surface area contributed by atoms with E-state index in [0.717, 1.165) is 11.0 Å². The quantitative estimate of drug-likeness (QED) is 0.167. The number of rotatable bonds is 6. The van der Waals surface area contributed by atoms with Gasteiger partial charge in [-0.2, -0.15) is 0 Å². The number of carbonyl (C=O) groups is 2. The molecule has 0 fully saturated rings. The monoisotopic (exact) mass is 506 g/mol. The molecule has 38 heavy (non-hydrogen) atoms. The number of aliphatic hydroxyl groups is 2. The standard InChI is InChI=1S/C32H30N2O4/c1-7-31(3,4)29-21(17-13-9-11-15-19(17)33-29)23-25(35)27(37)24(28(38)26(23)36)22-18-14-10-12-16-20(18)34-30(22)32(5,6)8-2/h7-16,33-35,38H,1-2H2,3-6H3. The highest BCUT2D eigenvalue weighted by Gasteiger charge is 2.42. The summed E-state index contributed by atoms with van der Waals surface area (Å²) in [5.41, 5.74) is 1.68. The number of benzene rings is 2. The van der Waals surface area contributed by atoms with Crippen LogP contribution in [0.3, 0.4) is 0 Å². The summed E-state index contributed by atoms with van der Waals surface area (Å²) >= 11 is 0. The number of nitrogens with one attached hydrogen (secondary N) is 2. The van der Waals surface area contributed by atoms with Crippen LogP contribution in [0.25, 0.3) is 33.0 Å². The van der Waals surface area contributed by atoms with E-state index in [-0.39, 0.29) is 11.1 Å². The Morgan fingerprint density at radius 2 is 1.00 bits per heavy atom. The van der Waals surface area contributed by atoms with Crippen LogP contribution in [0.4, 0.5) is 0 Å². The molecule has 192 valence electrons. The SMILES string of the molecule is C=CC(C)(C)c1[nH]c2ccccc2c1C1=C(O)C(=O)C(c2c(C(C)(C)C=C)[nH]c3ccccc23)=C(O)C1=O.